The van der Waals surface area contributed by atoms with Crippen molar-refractivity contribution in [3.63, 3.8) is 0 Å². The van der Waals surface area contributed by atoms with Crippen LogP contribution in [0.25, 0.3) is 10.9 Å². The van der Waals surface area contributed by atoms with Gasteiger partial charge in [-0.2, -0.15) is 0 Å². The molecule has 1 aromatic heterocycles. The summed E-state index contributed by atoms with van der Waals surface area (Å²) in [6.45, 7) is 0.408. The summed E-state index contributed by atoms with van der Waals surface area (Å²) in [6.07, 6.45) is 0. The van der Waals surface area contributed by atoms with E-state index in [-0.39, 0.29) is 0 Å². The number of nitrogens with one attached hydrogen (secondary N) is 1. The molecular weight excluding hydrogens is 207 g/mol. The minimum absolute atomic E-state index is 0.408. The van der Waals surface area contributed by atoms with Crippen molar-refractivity contribution < 1.29 is 0 Å². The molecule has 1 heterocycles. The van der Waals surface area contributed by atoms with Crippen LogP contribution in [0.3, 0.4) is 0 Å². The normalized spacial score (nSPS) is 11.0. The molecule has 0 aliphatic rings. The zero-order valence-corrected chi connectivity index (χ0v) is 8.28. The third-order valence-corrected chi connectivity index (χ3v) is 2.64. The van der Waals surface area contributed by atoms with E-state index >= 15 is 0 Å². The monoisotopic (exact) mass is 214 g/mol. The number of hydrogen-bond donors (Lipinski definition) is 2. The van der Waals surface area contributed by atoms with Crippen molar-refractivity contribution >= 4 is 34.1 Å². The van der Waals surface area contributed by atoms with Gasteiger partial charge in [-0.25, -0.2) is 0 Å². The van der Waals surface area contributed by atoms with E-state index in [1.165, 1.54) is 0 Å². The van der Waals surface area contributed by atoms with Crippen LogP contribution in [0.5, 0.6) is 0 Å². The average molecular weight is 215 g/mol. The lowest BCUT2D eigenvalue weighted by Crippen LogP contribution is -1.96. The molecule has 0 amide bonds. The van der Waals surface area contributed by atoms with Gasteiger partial charge in [0.05, 0.1) is 5.02 Å². The summed E-state index contributed by atoms with van der Waals surface area (Å²) in [5, 5.41) is 2.27. The van der Waals surface area contributed by atoms with Crippen LogP contribution < -0.4 is 5.73 Å². The first-order valence-electron chi connectivity index (χ1n) is 3.88. The maximum Gasteiger partial charge on any atom is 0.0705 e. The van der Waals surface area contributed by atoms with Gasteiger partial charge in [0.1, 0.15) is 0 Å². The Labute approximate surface area is 85.6 Å². The molecule has 0 saturated heterocycles. The molecule has 0 unspecified atom stereocenters. The highest BCUT2D eigenvalue weighted by Gasteiger charge is 2.07. The first-order valence-corrected chi connectivity index (χ1v) is 4.63. The summed E-state index contributed by atoms with van der Waals surface area (Å²) in [6, 6.07) is 5.54. The predicted molar refractivity (Wildman–Crippen MR) is 56.2 cm³/mol. The van der Waals surface area contributed by atoms with Gasteiger partial charge in [0, 0.05) is 28.2 Å². The molecule has 13 heavy (non-hydrogen) atoms. The maximum absolute atomic E-state index is 6.06. The molecule has 0 radical (unpaired) electrons. The lowest BCUT2D eigenvalue weighted by molar-refractivity contribution is 1.02. The van der Waals surface area contributed by atoms with Gasteiger partial charge in [-0.1, -0.05) is 23.2 Å². The number of aromatic nitrogens is 1. The fourth-order valence-corrected chi connectivity index (χ4v) is 1.78. The number of fused-ring (bicyclic) bond motifs is 1. The van der Waals surface area contributed by atoms with Crippen molar-refractivity contribution in [1.29, 1.82) is 0 Å². The Morgan fingerprint density at radius 2 is 2.08 bits per heavy atom. The summed E-state index contributed by atoms with van der Waals surface area (Å²) >= 11 is 11.9. The van der Waals surface area contributed by atoms with Crippen molar-refractivity contribution in [3.05, 3.63) is 33.9 Å². The van der Waals surface area contributed by atoms with Gasteiger partial charge in [0.2, 0.25) is 0 Å². The average Bonchev–Trinajstić information content (AvgIpc) is 2.44. The van der Waals surface area contributed by atoms with Gasteiger partial charge in [-0.3, -0.25) is 0 Å². The SMILES string of the molecule is NCc1[nH]c2ccc(Cl)cc2c1Cl. The van der Waals surface area contributed by atoms with Crippen LogP contribution in [-0.2, 0) is 6.54 Å². The lowest BCUT2D eigenvalue weighted by Gasteiger charge is -1.91. The van der Waals surface area contributed by atoms with Crippen molar-refractivity contribution in [3.8, 4) is 0 Å². The van der Waals surface area contributed by atoms with Gasteiger partial charge < -0.3 is 10.7 Å². The number of aromatic amines is 1. The van der Waals surface area contributed by atoms with Gasteiger partial charge in [-0.15, -0.1) is 0 Å². The van der Waals surface area contributed by atoms with Crippen LogP contribution >= 0.6 is 23.2 Å². The van der Waals surface area contributed by atoms with Crippen molar-refractivity contribution in [2.45, 2.75) is 6.54 Å². The molecule has 0 bridgehead atoms. The second-order valence-corrected chi connectivity index (χ2v) is 3.63. The second kappa shape index (κ2) is 3.22. The number of hydrogen-bond acceptors (Lipinski definition) is 1. The number of H-pyrrole nitrogens is 1. The summed E-state index contributed by atoms with van der Waals surface area (Å²) in [4.78, 5) is 3.13. The van der Waals surface area contributed by atoms with E-state index in [0.717, 1.165) is 16.6 Å². The Hall–Kier alpha value is -0.700. The minimum Gasteiger partial charge on any atom is -0.356 e. The predicted octanol–water partition coefficient (Wildman–Crippen LogP) is 2.93. The molecule has 2 rings (SSSR count). The molecule has 2 aromatic rings. The number of rotatable bonds is 1. The largest absolute Gasteiger partial charge is 0.356 e. The third kappa shape index (κ3) is 1.41. The number of benzene rings is 1. The van der Waals surface area contributed by atoms with Gasteiger partial charge >= 0.3 is 0 Å². The quantitative estimate of drug-likeness (QED) is 0.754. The van der Waals surface area contributed by atoms with Crippen molar-refractivity contribution in [1.82, 2.24) is 4.98 Å². The van der Waals surface area contributed by atoms with E-state index in [1.54, 1.807) is 0 Å². The van der Waals surface area contributed by atoms with E-state index < -0.39 is 0 Å². The molecule has 2 nitrogen and oxygen atoms in total. The van der Waals surface area contributed by atoms with Crippen LogP contribution in [0.2, 0.25) is 10.0 Å². The standard InChI is InChI=1S/C9H8Cl2N2/c10-5-1-2-7-6(3-5)9(11)8(4-12)13-7/h1-3,13H,4,12H2. The molecule has 0 fully saturated rings. The summed E-state index contributed by atoms with van der Waals surface area (Å²) in [7, 11) is 0. The summed E-state index contributed by atoms with van der Waals surface area (Å²) in [5.41, 5.74) is 7.32. The first-order chi connectivity index (χ1) is 6.22. The highest BCUT2D eigenvalue weighted by molar-refractivity contribution is 6.37. The lowest BCUT2D eigenvalue weighted by atomic mass is 10.2. The van der Waals surface area contributed by atoms with Crippen LogP contribution in [0.4, 0.5) is 0 Å². The second-order valence-electron chi connectivity index (χ2n) is 2.81. The Morgan fingerprint density at radius 1 is 1.31 bits per heavy atom. The van der Waals surface area contributed by atoms with E-state index in [9.17, 15) is 0 Å². The first kappa shape index (κ1) is 8.88. The van der Waals surface area contributed by atoms with Gasteiger partial charge in [0.15, 0.2) is 0 Å². The van der Waals surface area contributed by atoms with Gasteiger partial charge in [0.25, 0.3) is 0 Å². The minimum atomic E-state index is 0.408. The molecule has 1 aromatic carbocycles. The van der Waals surface area contributed by atoms with E-state index in [4.69, 9.17) is 28.9 Å². The molecule has 4 heteroatoms. The number of halogens is 2. The Morgan fingerprint density at radius 3 is 2.77 bits per heavy atom. The fourth-order valence-electron chi connectivity index (χ4n) is 1.33. The zero-order valence-electron chi connectivity index (χ0n) is 6.77. The van der Waals surface area contributed by atoms with Crippen molar-refractivity contribution in [2.75, 3.05) is 0 Å². The summed E-state index contributed by atoms with van der Waals surface area (Å²) < 4.78 is 0. The Kier molecular flexibility index (Phi) is 2.20. The molecule has 0 aliphatic carbocycles. The molecule has 68 valence electrons. The zero-order chi connectivity index (χ0) is 9.42. The molecule has 0 spiro atoms. The van der Waals surface area contributed by atoms with E-state index in [2.05, 4.69) is 4.98 Å². The smallest absolute Gasteiger partial charge is 0.0705 e. The molecular formula is C9H8Cl2N2. The molecule has 3 N–H and O–H groups in total. The Bertz CT molecular complexity index is 448. The maximum atomic E-state index is 6.06. The Balaban J connectivity index is 2.77. The van der Waals surface area contributed by atoms with E-state index in [1.807, 2.05) is 18.2 Å². The van der Waals surface area contributed by atoms with Crippen LogP contribution in [-0.4, -0.2) is 4.98 Å². The molecule has 0 aliphatic heterocycles. The van der Waals surface area contributed by atoms with Gasteiger partial charge in [-0.05, 0) is 18.2 Å². The topological polar surface area (TPSA) is 41.8 Å². The third-order valence-electron chi connectivity index (χ3n) is 1.97. The molecule has 0 atom stereocenters. The molecule has 0 saturated carbocycles. The number of nitrogens with two attached hydrogens (primary N) is 1. The van der Waals surface area contributed by atoms with Crippen molar-refractivity contribution in [2.24, 2.45) is 5.73 Å². The van der Waals surface area contributed by atoms with E-state index in [0.29, 0.717) is 16.6 Å². The van der Waals surface area contributed by atoms with Crippen LogP contribution in [0, 0.1) is 0 Å². The van der Waals surface area contributed by atoms with Crippen LogP contribution in [0.1, 0.15) is 5.69 Å². The highest BCUT2D eigenvalue weighted by atomic mass is 35.5. The summed E-state index contributed by atoms with van der Waals surface area (Å²) in [5.74, 6) is 0. The highest BCUT2D eigenvalue weighted by Crippen LogP contribution is 2.29. The fraction of sp³-hybridized carbons (Fsp3) is 0.111. The van der Waals surface area contributed by atoms with Crippen LogP contribution in [0.15, 0.2) is 18.2 Å².